The van der Waals surface area contributed by atoms with E-state index in [2.05, 4.69) is 106 Å². The maximum absolute atomic E-state index is 13.1. The molecule has 1 heterocycles. The number of carbonyl (C=O) groups excluding carboxylic acids is 3. The Morgan fingerprint density at radius 1 is 0.453 bits per heavy atom. The molecule has 0 spiro atoms. The fraction of sp³-hybridized carbons (Fsp3) is 0.714. The number of aliphatic carboxylic acids is 1. The van der Waals surface area contributed by atoms with Gasteiger partial charge in [0.05, 0.1) is 6.61 Å². The molecule has 1 aliphatic heterocycles. The van der Waals surface area contributed by atoms with Gasteiger partial charge in [0.1, 0.15) is 18.8 Å². The van der Waals surface area contributed by atoms with E-state index in [0.29, 0.717) is 19.3 Å². The number of aliphatic hydroxyl groups excluding tert-OH is 2. The molecule has 0 aromatic rings. The van der Waals surface area contributed by atoms with Crippen molar-refractivity contribution in [1.29, 1.82) is 0 Å². The number of carbonyl (C=O) groups is 4. The van der Waals surface area contributed by atoms with Crippen LogP contribution in [0.3, 0.4) is 0 Å². The minimum Gasteiger partial charge on any atom is -0.479 e. The van der Waals surface area contributed by atoms with E-state index in [-0.39, 0.29) is 25.9 Å². The van der Waals surface area contributed by atoms with Gasteiger partial charge in [0.15, 0.2) is 24.6 Å². The molecule has 0 aromatic carbocycles. The Morgan fingerprint density at radius 2 is 0.840 bits per heavy atom. The molecule has 6 atom stereocenters. The number of unbranched alkanes of at least 4 members (excludes halogenated alkanes) is 21. The highest BCUT2D eigenvalue weighted by molar-refractivity contribution is 5.74. The lowest BCUT2D eigenvalue weighted by Gasteiger charge is -2.40. The van der Waals surface area contributed by atoms with Crippen molar-refractivity contribution in [1.82, 2.24) is 0 Å². The van der Waals surface area contributed by atoms with Gasteiger partial charge in [0.25, 0.3) is 0 Å². The Bertz CT molecular complexity index is 1630. The molecule has 428 valence electrons. The first kappa shape index (κ1) is 68.9. The van der Waals surface area contributed by atoms with E-state index in [0.717, 1.165) is 128 Å². The molecule has 6 unspecified atom stereocenters. The number of hydrogen-bond acceptors (Lipinski definition) is 11. The molecular weight excluding hydrogens is 949 g/mol. The van der Waals surface area contributed by atoms with Crippen LogP contribution < -0.4 is 0 Å². The lowest BCUT2D eigenvalue weighted by molar-refractivity contribution is -0.301. The van der Waals surface area contributed by atoms with E-state index in [1.54, 1.807) is 0 Å². The molecule has 1 fully saturated rings. The number of esters is 3. The van der Waals surface area contributed by atoms with Crippen LogP contribution in [0.4, 0.5) is 0 Å². The minimum atomic E-state index is -1.92. The minimum absolute atomic E-state index is 0.0202. The highest BCUT2D eigenvalue weighted by Crippen LogP contribution is 2.26. The summed E-state index contributed by atoms with van der Waals surface area (Å²) in [6.45, 7) is 5.79. The second-order valence-corrected chi connectivity index (χ2v) is 19.9. The number of allylic oxidation sites excluding steroid dienone is 14. The van der Waals surface area contributed by atoms with Gasteiger partial charge in [-0.1, -0.05) is 189 Å². The summed E-state index contributed by atoms with van der Waals surface area (Å²) in [6.07, 6.45) is 52.7. The van der Waals surface area contributed by atoms with Crippen molar-refractivity contribution < 1.29 is 58.2 Å². The zero-order chi connectivity index (χ0) is 54.7. The summed E-state index contributed by atoms with van der Waals surface area (Å²) < 4.78 is 28.4. The van der Waals surface area contributed by atoms with Gasteiger partial charge >= 0.3 is 23.9 Å². The van der Waals surface area contributed by atoms with Gasteiger partial charge in [-0.2, -0.15) is 0 Å². The first-order valence-electron chi connectivity index (χ1n) is 29.6. The number of carboxylic acid groups (broad SMARTS) is 1. The Kier molecular flexibility index (Phi) is 46.6. The van der Waals surface area contributed by atoms with Crippen LogP contribution in [0, 0.1) is 0 Å². The van der Waals surface area contributed by atoms with Crippen LogP contribution in [0.25, 0.3) is 0 Å². The highest BCUT2D eigenvalue weighted by Gasteiger charge is 2.50. The molecule has 1 aliphatic rings. The third kappa shape index (κ3) is 40.8. The quantitative estimate of drug-likeness (QED) is 0.0228. The standard InChI is InChI=1S/C63H104O12/c1-4-7-10-13-16-19-22-25-26-27-28-29-30-33-34-37-40-43-46-49-55(64)71-52-54(73-56(65)50-47-44-41-38-35-31-23-20-17-14-11-8-5-2)53-72-63-61(59(68)58(67)60(75-63)62(69)70)74-57(66)51-48-45-42-39-36-32-24-21-18-15-12-9-6-3/h9,12,16,18-21,23,25-26,28-29,32,36,54,58-61,63,67-68H,4-8,10-11,13-15,17,22,24,27,30-31,33-35,37-53H2,1-3H3,(H,69,70)/b12-9-,19-16-,21-18-,23-20-,26-25-,29-28-,36-32-. The molecule has 1 saturated heterocycles. The molecule has 0 aliphatic carbocycles. The van der Waals surface area contributed by atoms with Gasteiger partial charge in [-0.25, -0.2) is 4.79 Å². The Hall–Kier alpha value is -4.10. The largest absolute Gasteiger partial charge is 0.479 e. The van der Waals surface area contributed by atoms with E-state index in [9.17, 15) is 34.5 Å². The van der Waals surface area contributed by atoms with Gasteiger partial charge in [0.2, 0.25) is 0 Å². The smallest absolute Gasteiger partial charge is 0.335 e. The Morgan fingerprint density at radius 3 is 1.33 bits per heavy atom. The topological polar surface area (TPSA) is 175 Å². The third-order valence-corrected chi connectivity index (χ3v) is 12.9. The lowest BCUT2D eigenvalue weighted by Crippen LogP contribution is -2.61. The second kappa shape index (κ2) is 50.7. The van der Waals surface area contributed by atoms with Crippen LogP contribution >= 0.6 is 0 Å². The van der Waals surface area contributed by atoms with Crippen molar-refractivity contribution >= 4 is 23.9 Å². The summed E-state index contributed by atoms with van der Waals surface area (Å²) >= 11 is 0. The van der Waals surface area contributed by atoms with Gasteiger partial charge < -0.3 is 39.0 Å². The number of aliphatic hydroxyl groups is 2. The van der Waals surface area contributed by atoms with E-state index in [1.807, 2.05) is 0 Å². The Labute approximate surface area is 454 Å². The lowest BCUT2D eigenvalue weighted by atomic mass is 9.98. The van der Waals surface area contributed by atoms with Crippen LogP contribution in [0.2, 0.25) is 0 Å². The van der Waals surface area contributed by atoms with Crippen molar-refractivity contribution in [3.05, 3.63) is 85.1 Å². The highest BCUT2D eigenvalue weighted by atomic mass is 16.7. The summed E-state index contributed by atoms with van der Waals surface area (Å²) in [7, 11) is 0. The first-order valence-corrected chi connectivity index (χ1v) is 29.6. The van der Waals surface area contributed by atoms with Crippen molar-refractivity contribution in [3.8, 4) is 0 Å². The summed E-state index contributed by atoms with van der Waals surface area (Å²) in [5.74, 6) is -3.19. The molecular formula is C63H104O12. The van der Waals surface area contributed by atoms with Crippen molar-refractivity contribution in [2.24, 2.45) is 0 Å². The summed E-state index contributed by atoms with van der Waals surface area (Å²) in [5.41, 5.74) is 0. The number of carboxylic acids is 1. The molecule has 12 nitrogen and oxygen atoms in total. The monoisotopic (exact) mass is 1050 g/mol. The molecule has 0 saturated carbocycles. The normalized spacial score (nSPS) is 18.8. The van der Waals surface area contributed by atoms with Crippen LogP contribution in [-0.2, 0) is 42.9 Å². The molecule has 0 aromatic heterocycles. The predicted molar refractivity (Wildman–Crippen MR) is 303 cm³/mol. The van der Waals surface area contributed by atoms with Crippen molar-refractivity contribution in [2.75, 3.05) is 13.2 Å². The average Bonchev–Trinajstić information content (AvgIpc) is 3.39. The predicted octanol–water partition coefficient (Wildman–Crippen LogP) is 15.1. The fourth-order valence-electron chi connectivity index (χ4n) is 8.38. The second-order valence-electron chi connectivity index (χ2n) is 19.9. The molecule has 0 amide bonds. The molecule has 3 N–H and O–H groups in total. The first-order chi connectivity index (χ1) is 36.6. The van der Waals surface area contributed by atoms with Gasteiger partial charge in [-0.15, -0.1) is 0 Å². The molecule has 0 bridgehead atoms. The average molecular weight is 1050 g/mol. The van der Waals surface area contributed by atoms with Gasteiger partial charge in [-0.3, -0.25) is 14.4 Å². The van der Waals surface area contributed by atoms with E-state index < -0.39 is 67.3 Å². The number of hydrogen-bond donors (Lipinski definition) is 3. The van der Waals surface area contributed by atoms with Crippen LogP contribution in [-0.4, -0.2) is 89.2 Å². The van der Waals surface area contributed by atoms with Gasteiger partial charge in [0, 0.05) is 19.3 Å². The molecule has 75 heavy (non-hydrogen) atoms. The van der Waals surface area contributed by atoms with Crippen molar-refractivity contribution in [3.63, 3.8) is 0 Å². The maximum Gasteiger partial charge on any atom is 0.335 e. The third-order valence-electron chi connectivity index (χ3n) is 12.9. The number of ether oxygens (including phenoxy) is 5. The van der Waals surface area contributed by atoms with E-state index >= 15 is 0 Å². The molecule has 1 rings (SSSR count). The van der Waals surface area contributed by atoms with Crippen LogP contribution in [0.15, 0.2) is 85.1 Å². The van der Waals surface area contributed by atoms with E-state index in [1.165, 1.54) is 51.4 Å². The van der Waals surface area contributed by atoms with Crippen LogP contribution in [0.1, 0.15) is 239 Å². The van der Waals surface area contributed by atoms with Gasteiger partial charge in [-0.05, 0) is 116 Å². The van der Waals surface area contributed by atoms with Crippen molar-refractivity contribution in [2.45, 2.75) is 276 Å². The summed E-state index contributed by atoms with van der Waals surface area (Å²) in [6, 6.07) is 0. The fourth-order valence-corrected chi connectivity index (χ4v) is 8.38. The molecule has 0 radical (unpaired) electrons. The summed E-state index contributed by atoms with van der Waals surface area (Å²) in [4.78, 5) is 51.1. The maximum atomic E-state index is 13.1. The zero-order valence-electron chi connectivity index (χ0n) is 47.0. The number of rotatable bonds is 49. The molecule has 12 heteroatoms. The summed E-state index contributed by atoms with van der Waals surface area (Å²) in [5, 5.41) is 31.4. The Balaban J connectivity index is 2.71. The zero-order valence-corrected chi connectivity index (χ0v) is 47.0. The van der Waals surface area contributed by atoms with Crippen LogP contribution in [0.5, 0.6) is 0 Å². The SMILES string of the molecule is CC/C=C\C/C=C\C/C=C\CCCCCC(=O)OC1C(OCC(COC(=O)CCCCCCCC/C=C\C/C=C\C/C=C\CCCCC)OC(=O)CCCCCCC/C=C\CCCCCC)OC(C(=O)O)C(O)C1O. The van der Waals surface area contributed by atoms with E-state index in [4.69, 9.17) is 23.7 Å².